The van der Waals surface area contributed by atoms with E-state index >= 15 is 0 Å². The maximum atomic E-state index is 10.6. The smallest absolute Gasteiger partial charge is 0.317 e. The number of hydrogen-bond acceptors (Lipinski definition) is 5. The molecule has 2 rings (SSSR count). The summed E-state index contributed by atoms with van der Waals surface area (Å²) in [7, 11) is 1.50. The van der Waals surface area contributed by atoms with E-state index in [1.165, 1.54) is 7.11 Å². The van der Waals surface area contributed by atoms with Gasteiger partial charge in [-0.05, 0) is 12.1 Å². The number of anilines is 1. The molecular weight excluding hydrogens is 234 g/mol. The number of nitrogens with zero attached hydrogens (tertiary/aromatic N) is 3. The summed E-state index contributed by atoms with van der Waals surface area (Å²) in [6, 6.07) is 3.08. The Hall–Kier alpha value is -2.70. The first-order valence-electron chi connectivity index (χ1n) is 5.08. The van der Waals surface area contributed by atoms with Crippen LogP contribution in [0.4, 0.5) is 10.6 Å². The third kappa shape index (κ3) is 2.70. The molecule has 18 heavy (non-hydrogen) atoms. The molecule has 2 amide bonds. The van der Waals surface area contributed by atoms with Crippen LogP contribution < -0.4 is 15.8 Å². The summed E-state index contributed by atoms with van der Waals surface area (Å²) in [4.78, 5) is 22.7. The van der Waals surface area contributed by atoms with Crippen molar-refractivity contribution in [2.75, 3.05) is 12.4 Å². The Bertz CT molecular complexity index is 538. The highest BCUT2D eigenvalue weighted by Crippen LogP contribution is 2.18. The molecule has 0 radical (unpaired) electrons. The van der Waals surface area contributed by atoms with Crippen molar-refractivity contribution in [3.63, 3.8) is 0 Å². The molecule has 0 aromatic carbocycles. The molecule has 0 aliphatic carbocycles. The number of methoxy groups -OCH3 is 1. The number of ether oxygens (including phenoxy) is 1. The minimum atomic E-state index is -0.650. The third-order valence-corrected chi connectivity index (χ3v) is 2.16. The van der Waals surface area contributed by atoms with Crippen LogP contribution in [0.2, 0.25) is 0 Å². The number of nitrogens with one attached hydrogen (secondary N) is 1. The average Bonchev–Trinajstić information content (AvgIpc) is 2.39. The predicted molar refractivity (Wildman–Crippen MR) is 65.0 cm³/mol. The first-order chi connectivity index (χ1) is 8.69. The van der Waals surface area contributed by atoms with E-state index in [4.69, 9.17) is 10.5 Å². The van der Waals surface area contributed by atoms with Gasteiger partial charge in [0.1, 0.15) is 5.82 Å². The van der Waals surface area contributed by atoms with Crippen molar-refractivity contribution in [3.05, 3.63) is 30.7 Å². The monoisotopic (exact) mass is 245 g/mol. The maximum Gasteiger partial charge on any atom is 0.317 e. The molecule has 0 aliphatic rings. The van der Waals surface area contributed by atoms with Gasteiger partial charge in [-0.3, -0.25) is 5.32 Å². The maximum absolute atomic E-state index is 10.6. The Morgan fingerprint density at radius 1 is 1.17 bits per heavy atom. The fourth-order valence-electron chi connectivity index (χ4n) is 1.34. The molecule has 0 aliphatic heterocycles. The minimum Gasteiger partial charge on any atom is -0.467 e. The van der Waals surface area contributed by atoms with E-state index in [-0.39, 0.29) is 0 Å². The quantitative estimate of drug-likeness (QED) is 0.840. The number of pyridine rings is 1. The van der Waals surface area contributed by atoms with Gasteiger partial charge in [-0.25, -0.2) is 19.7 Å². The highest BCUT2D eigenvalue weighted by molar-refractivity contribution is 5.86. The van der Waals surface area contributed by atoms with E-state index < -0.39 is 6.03 Å². The summed E-state index contributed by atoms with van der Waals surface area (Å²) in [5, 5.41) is 2.38. The third-order valence-electron chi connectivity index (χ3n) is 2.16. The van der Waals surface area contributed by atoms with Crippen LogP contribution in [0, 0.1) is 0 Å². The van der Waals surface area contributed by atoms with Crippen LogP contribution >= 0.6 is 0 Å². The highest BCUT2D eigenvalue weighted by Gasteiger charge is 2.02. The van der Waals surface area contributed by atoms with E-state index in [0.717, 1.165) is 11.1 Å². The van der Waals surface area contributed by atoms with E-state index in [1.807, 2.05) is 0 Å². The van der Waals surface area contributed by atoms with Crippen LogP contribution in [0.25, 0.3) is 11.1 Å². The Balaban J connectivity index is 2.20. The molecule has 2 aromatic heterocycles. The molecule has 0 spiro atoms. The van der Waals surface area contributed by atoms with Gasteiger partial charge in [0.15, 0.2) is 0 Å². The second-order valence-electron chi connectivity index (χ2n) is 3.38. The average molecular weight is 245 g/mol. The van der Waals surface area contributed by atoms with Crippen molar-refractivity contribution in [1.82, 2.24) is 15.0 Å². The van der Waals surface area contributed by atoms with Gasteiger partial charge in [0.05, 0.1) is 7.11 Å². The second-order valence-corrected chi connectivity index (χ2v) is 3.38. The van der Waals surface area contributed by atoms with Gasteiger partial charge in [-0.15, -0.1) is 0 Å². The molecule has 3 N–H and O–H groups in total. The van der Waals surface area contributed by atoms with E-state index in [2.05, 4.69) is 20.3 Å². The molecular formula is C11H11N5O2. The van der Waals surface area contributed by atoms with Crippen molar-refractivity contribution in [2.24, 2.45) is 5.73 Å². The summed E-state index contributed by atoms with van der Waals surface area (Å²) < 4.78 is 4.87. The van der Waals surface area contributed by atoms with Gasteiger partial charge in [-0.1, -0.05) is 0 Å². The Kier molecular flexibility index (Phi) is 3.33. The van der Waals surface area contributed by atoms with Crippen molar-refractivity contribution in [1.29, 1.82) is 0 Å². The number of urea groups is 1. The number of carbonyl (C=O) groups excluding carboxylic acids is 1. The number of aromatic nitrogens is 3. The number of primary amides is 1. The zero-order valence-corrected chi connectivity index (χ0v) is 9.62. The first-order valence-corrected chi connectivity index (χ1v) is 5.08. The Morgan fingerprint density at radius 2 is 1.83 bits per heavy atom. The van der Waals surface area contributed by atoms with Crippen LogP contribution in [0.3, 0.4) is 0 Å². The molecule has 92 valence electrons. The topological polar surface area (TPSA) is 103 Å². The lowest BCUT2D eigenvalue weighted by Gasteiger charge is -2.03. The first kappa shape index (κ1) is 11.8. The largest absolute Gasteiger partial charge is 0.467 e. The number of hydrogen-bond donors (Lipinski definition) is 2. The number of rotatable bonds is 3. The summed E-state index contributed by atoms with van der Waals surface area (Å²) in [5.41, 5.74) is 6.61. The standard InChI is InChI=1S/C11H11N5O2/c1-18-11-14-5-8(6-15-11)7-2-3-9(13-4-7)16-10(12)17/h2-6H,1H3,(H3,12,13,16,17). The summed E-state index contributed by atoms with van der Waals surface area (Å²) in [5.74, 6) is 0.390. The van der Waals surface area contributed by atoms with E-state index in [0.29, 0.717) is 11.8 Å². The van der Waals surface area contributed by atoms with E-state index in [9.17, 15) is 4.79 Å². The Labute approximate surface area is 103 Å². The van der Waals surface area contributed by atoms with Gasteiger partial charge < -0.3 is 10.5 Å². The summed E-state index contributed by atoms with van der Waals surface area (Å²) in [6.45, 7) is 0. The molecule has 0 atom stereocenters. The molecule has 2 heterocycles. The lowest BCUT2D eigenvalue weighted by Crippen LogP contribution is -2.19. The Morgan fingerprint density at radius 3 is 2.33 bits per heavy atom. The molecule has 7 nitrogen and oxygen atoms in total. The van der Waals surface area contributed by atoms with E-state index in [1.54, 1.807) is 30.7 Å². The fourth-order valence-corrected chi connectivity index (χ4v) is 1.34. The predicted octanol–water partition coefficient (Wildman–Crippen LogP) is 1.04. The van der Waals surface area contributed by atoms with Gasteiger partial charge in [0, 0.05) is 29.7 Å². The number of amides is 2. The molecule has 0 fully saturated rings. The second kappa shape index (κ2) is 5.09. The lowest BCUT2D eigenvalue weighted by atomic mass is 10.1. The minimum absolute atomic E-state index is 0.304. The normalized spacial score (nSPS) is 9.83. The van der Waals surface area contributed by atoms with Crippen LogP contribution in [0.5, 0.6) is 6.01 Å². The van der Waals surface area contributed by atoms with Gasteiger partial charge >= 0.3 is 12.0 Å². The molecule has 0 saturated heterocycles. The summed E-state index contributed by atoms with van der Waals surface area (Å²) in [6.07, 6.45) is 4.85. The van der Waals surface area contributed by atoms with Crippen LogP contribution in [0.15, 0.2) is 30.7 Å². The van der Waals surface area contributed by atoms with Crippen molar-refractivity contribution < 1.29 is 9.53 Å². The SMILES string of the molecule is COc1ncc(-c2ccc(NC(N)=O)nc2)cn1. The lowest BCUT2D eigenvalue weighted by molar-refractivity contribution is 0.259. The zero-order valence-electron chi connectivity index (χ0n) is 9.62. The van der Waals surface area contributed by atoms with Crippen LogP contribution in [-0.2, 0) is 0 Å². The number of nitrogens with two attached hydrogens (primary N) is 1. The van der Waals surface area contributed by atoms with Crippen molar-refractivity contribution in [3.8, 4) is 17.1 Å². The zero-order chi connectivity index (χ0) is 13.0. The van der Waals surface area contributed by atoms with Gasteiger partial charge in [0.25, 0.3) is 0 Å². The molecule has 0 saturated carbocycles. The molecule has 0 bridgehead atoms. The number of carbonyl (C=O) groups is 1. The fraction of sp³-hybridized carbons (Fsp3) is 0.0909. The summed E-state index contributed by atoms with van der Waals surface area (Å²) >= 11 is 0. The molecule has 0 unspecified atom stereocenters. The van der Waals surface area contributed by atoms with Crippen LogP contribution in [-0.4, -0.2) is 28.1 Å². The van der Waals surface area contributed by atoms with Crippen LogP contribution in [0.1, 0.15) is 0 Å². The van der Waals surface area contributed by atoms with Gasteiger partial charge in [0.2, 0.25) is 0 Å². The van der Waals surface area contributed by atoms with Crippen molar-refractivity contribution in [2.45, 2.75) is 0 Å². The highest BCUT2D eigenvalue weighted by atomic mass is 16.5. The molecule has 2 aromatic rings. The van der Waals surface area contributed by atoms with Crippen molar-refractivity contribution >= 4 is 11.8 Å². The van der Waals surface area contributed by atoms with Gasteiger partial charge in [-0.2, -0.15) is 0 Å². The molecule has 7 heteroatoms.